The first-order valence-corrected chi connectivity index (χ1v) is 12.5. The number of nitrogens with zero attached hydrogens (tertiary/aromatic N) is 1. The Labute approximate surface area is 224 Å². The van der Waals surface area contributed by atoms with Crippen molar-refractivity contribution in [2.45, 2.75) is 12.1 Å². The number of para-hydroxylation sites is 2. The number of hydrogen-bond acceptors (Lipinski definition) is 6. The number of ketones is 2. The molecule has 0 saturated carbocycles. The Hall–Kier alpha value is -4.25. The number of phenolic OH excluding ortho intramolecular Hbond substituents is 1. The normalized spacial score (nSPS) is 14.8. The fourth-order valence-corrected chi connectivity index (χ4v) is 3.81. The number of aromatic hydroxyl groups is 1. The average molecular weight is 557 g/mol. The van der Waals surface area contributed by atoms with E-state index in [2.05, 4.69) is 15.9 Å². The Bertz CT molecular complexity index is 1370. The summed E-state index contributed by atoms with van der Waals surface area (Å²) in [7, 11) is 0. The maximum Gasteiger partial charge on any atom is 0.205 e. The minimum absolute atomic E-state index is 0.0417. The quantitative estimate of drug-likeness (QED) is 0.240. The van der Waals surface area contributed by atoms with Crippen LogP contribution in [0.1, 0.15) is 37.9 Å². The molecule has 186 valence electrons. The Morgan fingerprint density at radius 3 is 1.92 bits per heavy atom. The summed E-state index contributed by atoms with van der Waals surface area (Å²) in [5, 5.41) is 17.6. The summed E-state index contributed by atoms with van der Waals surface area (Å²) < 4.78 is 5.66. The second-order valence-corrected chi connectivity index (χ2v) is 8.44. The van der Waals surface area contributed by atoms with Crippen molar-refractivity contribution < 1.29 is 19.4 Å². The van der Waals surface area contributed by atoms with Crippen LogP contribution < -0.4 is 10.5 Å². The van der Waals surface area contributed by atoms with Crippen LogP contribution in [0.25, 0.3) is 0 Å². The van der Waals surface area contributed by atoms with Crippen LogP contribution in [-0.4, -0.2) is 28.1 Å². The van der Waals surface area contributed by atoms with Crippen LogP contribution in [0.5, 0.6) is 11.5 Å². The number of carbonyl (C=O) groups is 2. The van der Waals surface area contributed by atoms with E-state index < -0.39 is 12.1 Å². The summed E-state index contributed by atoms with van der Waals surface area (Å²) in [6.07, 6.45) is -0.621. The highest BCUT2D eigenvalue weighted by Crippen LogP contribution is 2.35. The van der Waals surface area contributed by atoms with Crippen LogP contribution in [-0.2, 0) is 0 Å². The third-order valence-electron chi connectivity index (χ3n) is 5.42. The molecule has 4 aromatic carbocycles. The van der Waals surface area contributed by atoms with Gasteiger partial charge < -0.3 is 15.6 Å². The van der Waals surface area contributed by atoms with E-state index in [-0.39, 0.29) is 17.3 Å². The van der Waals surface area contributed by atoms with Crippen molar-refractivity contribution in [3.8, 4) is 17.6 Å². The van der Waals surface area contributed by atoms with Crippen LogP contribution in [0.4, 0.5) is 0 Å². The number of hydrogen-bond donors (Lipinski definition) is 2. The SMILES string of the molecule is N#Cc1ccccc1O.NC1c2ccccc2OC1C(=O)c1ccccc1.O=C(CBr)c1ccccc1. The van der Waals surface area contributed by atoms with Crippen LogP contribution in [0.15, 0.2) is 109 Å². The summed E-state index contributed by atoms with van der Waals surface area (Å²) in [5.41, 5.74) is 8.69. The third-order valence-corrected chi connectivity index (χ3v) is 5.93. The number of nitriles is 1. The Kier molecular flexibility index (Phi) is 10.1. The molecule has 0 aliphatic carbocycles. The van der Waals surface area contributed by atoms with Gasteiger partial charge in [-0.2, -0.15) is 5.26 Å². The highest BCUT2D eigenvalue weighted by molar-refractivity contribution is 9.09. The first-order chi connectivity index (χ1) is 18.0. The molecular weight excluding hydrogens is 532 g/mol. The monoisotopic (exact) mass is 556 g/mol. The average Bonchev–Trinajstić information content (AvgIpc) is 3.30. The molecule has 2 atom stereocenters. The maximum atomic E-state index is 12.3. The zero-order valence-corrected chi connectivity index (χ0v) is 21.4. The first-order valence-electron chi connectivity index (χ1n) is 11.4. The van der Waals surface area contributed by atoms with Crippen molar-refractivity contribution in [2.24, 2.45) is 5.73 Å². The summed E-state index contributed by atoms with van der Waals surface area (Å²) in [4.78, 5) is 23.3. The van der Waals surface area contributed by atoms with Crippen molar-refractivity contribution in [1.29, 1.82) is 5.26 Å². The predicted molar refractivity (Wildman–Crippen MR) is 146 cm³/mol. The van der Waals surface area contributed by atoms with Gasteiger partial charge in [-0.15, -0.1) is 0 Å². The van der Waals surface area contributed by atoms with E-state index >= 15 is 0 Å². The molecule has 37 heavy (non-hydrogen) atoms. The molecule has 2 unspecified atom stereocenters. The fraction of sp³-hybridized carbons (Fsp3) is 0.100. The number of fused-ring (bicyclic) bond motifs is 1. The summed E-state index contributed by atoms with van der Waals surface area (Å²) in [6, 6.07) is 33.7. The van der Waals surface area contributed by atoms with Crippen molar-refractivity contribution in [3.05, 3.63) is 131 Å². The van der Waals surface area contributed by atoms with Gasteiger partial charge >= 0.3 is 0 Å². The third kappa shape index (κ3) is 7.37. The van der Waals surface area contributed by atoms with E-state index in [1.165, 1.54) is 6.07 Å². The van der Waals surface area contributed by atoms with E-state index in [1.807, 2.05) is 78.9 Å². The van der Waals surface area contributed by atoms with Crippen LogP contribution in [0.3, 0.4) is 0 Å². The Balaban J connectivity index is 0.000000170. The molecule has 0 saturated heterocycles. The number of nitrogens with two attached hydrogens (primary N) is 1. The van der Waals surface area contributed by atoms with Gasteiger partial charge in [0.25, 0.3) is 0 Å². The molecule has 1 aliphatic rings. The topological polar surface area (TPSA) is 113 Å². The lowest BCUT2D eigenvalue weighted by Crippen LogP contribution is -2.33. The highest BCUT2D eigenvalue weighted by Gasteiger charge is 2.36. The van der Waals surface area contributed by atoms with E-state index in [0.717, 1.165) is 11.1 Å². The van der Waals surface area contributed by atoms with E-state index in [0.29, 0.717) is 22.2 Å². The van der Waals surface area contributed by atoms with Crippen molar-refractivity contribution in [3.63, 3.8) is 0 Å². The van der Waals surface area contributed by atoms with Crippen LogP contribution >= 0.6 is 15.9 Å². The van der Waals surface area contributed by atoms with Gasteiger partial charge in [-0.25, -0.2) is 0 Å². The number of benzene rings is 4. The molecule has 6 nitrogen and oxygen atoms in total. The zero-order valence-electron chi connectivity index (χ0n) is 19.8. The molecule has 0 bridgehead atoms. The number of alkyl halides is 1. The first kappa shape index (κ1) is 27.3. The van der Waals surface area contributed by atoms with Crippen LogP contribution in [0.2, 0.25) is 0 Å². The van der Waals surface area contributed by atoms with Crippen molar-refractivity contribution in [1.82, 2.24) is 0 Å². The van der Waals surface area contributed by atoms with Crippen molar-refractivity contribution in [2.75, 3.05) is 5.33 Å². The Morgan fingerprint density at radius 2 is 1.38 bits per heavy atom. The zero-order chi connectivity index (χ0) is 26.6. The molecule has 0 radical (unpaired) electrons. The maximum absolute atomic E-state index is 12.3. The largest absolute Gasteiger partial charge is 0.507 e. The van der Waals surface area contributed by atoms with E-state index in [1.54, 1.807) is 30.3 Å². The van der Waals surface area contributed by atoms with Gasteiger partial charge in [0, 0.05) is 16.7 Å². The lowest BCUT2D eigenvalue weighted by atomic mass is 9.98. The van der Waals surface area contributed by atoms with Gasteiger partial charge in [-0.05, 0) is 18.2 Å². The minimum atomic E-state index is -0.621. The Morgan fingerprint density at radius 1 is 0.838 bits per heavy atom. The second kappa shape index (κ2) is 13.7. The van der Waals surface area contributed by atoms with E-state index in [4.69, 9.17) is 20.8 Å². The van der Waals surface area contributed by atoms with Gasteiger partial charge in [0.1, 0.15) is 17.6 Å². The van der Waals surface area contributed by atoms with Crippen LogP contribution in [0, 0.1) is 11.3 Å². The molecule has 0 spiro atoms. The van der Waals surface area contributed by atoms with Gasteiger partial charge in [0.15, 0.2) is 11.9 Å². The summed E-state index contributed by atoms with van der Waals surface area (Å²) in [5.74, 6) is 0.805. The second-order valence-electron chi connectivity index (χ2n) is 7.88. The summed E-state index contributed by atoms with van der Waals surface area (Å²) in [6.45, 7) is 0. The number of Topliss-reactive ketones (excluding diaryl/α,β-unsaturated/α-hetero) is 2. The number of halogens is 1. The van der Waals surface area contributed by atoms with Gasteiger partial charge in [-0.3, -0.25) is 9.59 Å². The molecule has 0 aromatic heterocycles. The fourth-order valence-electron chi connectivity index (χ4n) is 3.49. The molecule has 4 aromatic rings. The molecular formula is C30H25BrN2O4. The molecule has 7 heteroatoms. The summed E-state index contributed by atoms with van der Waals surface area (Å²) >= 11 is 3.10. The molecule has 0 amide bonds. The lowest BCUT2D eigenvalue weighted by molar-refractivity contribution is 0.0794. The van der Waals surface area contributed by atoms with Gasteiger partial charge in [0.05, 0.1) is 16.9 Å². The number of carbonyl (C=O) groups excluding carboxylic acids is 2. The number of phenols is 1. The van der Waals surface area contributed by atoms with Gasteiger partial charge in [0.2, 0.25) is 5.78 Å². The molecule has 3 N–H and O–H groups in total. The minimum Gasteiger partial charge on any atom is -0.507 e. The smallest absolute Gasteiger partial charge is 0.205 e. The molecule has 1 heterocycles. The number of rotatable bonds is 4. The molecule has 1 aliphatic heterocycles. The lowest BCUT2D eigenvalue weighted by Gasteiger charge is -2.13. The molecule has 5 rings (SSSR count). The highest BCUT2D eigenvalue weighted by atomic mass is 79.9. The van der Waals surface area contributed by atoms with Crippen molar-refractivity contribution >= 4 is 27.5 Å². The molecule has 0 fully saturated rings. The number of ether oxygens (including phenoxy) is 1. The van der Waals surface area contributed by atoms with E-state index in [9.17, 15) is 9.59 Å². The standard InChI is InChI=1S/C15H13NO2.C8H7BrO.C7H5NO/c16-13-11-8-4-5-9-12(11)18-15(13)14(17)10-6-2-1-3-7-10;9-6-8(10)7-4-2-1-3-5-7;8-5-6-3-1-2-4-7(6)9/h1-9,13,15H,16H2;1-5H,6H2;1-4,9H. The van der Waals surface area contributed by atoms with Gasteiger partial charge in [-0.1, -0.05) is 107 Å². The predicted octanol–water partition coefficient (Wildman–Crippen LogP) is 5.86.